The van der Waals surface area contributed by atoms with Crippen LogP contribution in [-0.2, 0) is 24.7 Å². The van der Waals surface area contributed by atoms with Gasteiger partial charge >= 0.3 is 78.3 Å². The molecule has 0 aromatic heterocycles. The summed E-state index contributed by atoms with van der Waals surface area (Å²) >= 11 is 4.71. The van der Waals surface area contributed by atoms with Crippen molar-refractivity contribution < 1.29 is 24.7 Å². The van der Waals surface area contributed by atoms with Crippen molar-refractivity contribution in [1.29, 1.82) is 0 Å². The molecule has 0 atom stereocenters. The molecule has 0 N–H and O–H groups in total. The maximum atomic E-state index is 3.43. The van der Waals surface area contributed by atoms with Crippen molar-refractivity contribution in [3.05, 3.63) is 33.7 Å². The summed E-state index contributed by atoms with van der Waals surface area (Å²) in [7, 11) is 0. The molecular formula is C12H18BrZr. The van der Waals surface area contributed by atoms with Crippen LogP contribution in [0.3, 0.4) is 0 Å². The van der Waals surface area contributed by atoms with Crippen LogP contribution in [0.25, 0.3) is 0 Å². The Morgan fingerprint density at radius 2 is 2.07 bits per heavy atom. The van der Waals surface area contributed by atoms with Gasteiger partial charge in [-0.3, -0.25) is 0 Å². The van der Waals surface area contributed by atoms with E-state index < -0.39 is 0 Å². The molecule has 2 heteroatoms. The molecule has 0 fully saturated rings. The molecule has 0 unspecified atom stereocenters. The van der Waals surface area contributed by atoms with Gasteiger partial charge in [0.1, 0.15) is 0 Å². The van der Waals surface area contributed by atoms with E-state index in [0.29, 0.717) is 5.41 Å². The number of hydrogen-bond acceptors (Lipinski definition) is 0. The molecule has 0 nitrogen and oxygen atoms in total. The number of alkyl halides is 1. The monoisotopic (exact) mass is 331 g/mol. The first kappa shape index (κ1) is 14.6. The zero-order chi connectivity index (χ0) is 11.2. The topological polar surface area (TPSA) is 0 Å². The summed E-state index contributed by atoms with van der Waals surface area (Å²) in [5, 5.41) is 0.896. The molecule has 0 aromatic carbocycles. The SMILES string of the molecule is C=CCBr.CC(C)(C)C1=[C]([Zr])CC=C1. The number of rotatable bonds is 1. The van der Waals surface area contributed by atoms with Gasteiger partial charge in [0, 0.05) is 5.33 Å². The number of hydrogen-bond donors (Lipinski definition) is 0. The zero-order valence-electron chi connectivity index (χ0n) is 9.23. The van der Waals surface area contributed by atoms with Crippen molar-refractivity contribution in [3.63, 3.8) is 0 Å². The number of halogens is 1. The van der Waals surface area contributed by atoms with Gasteiger partial charge in [0.2, 0.25) is 0 Å². The minimum atomic E-state index is 0.367. The van der Waals surface area contributed by atoms with Crippen molar-refractivity contribution in [3.8, 4) is 0 Å². The summed E-state index contributed by atoms with van der Waals surface area (Å²) in [5.74, 6) is 0. The third-order valence-corrected chi connectivity index (χ3v) is 3.47. The van der Waals surface area contributed by atoms with Gasteiger partial charge in [-0.05, 0) is 0 Å². The predicted molar refractivity (Wildman–Crippen MR) is 64.2 cm³/mol. The van der Waals surface area contributed by atoms with E-state index in [0.717, 1.165) is 5.33 Å². The van der Waals surface area contributed by atoms with Crippen LogP contribution < -0.4 is 0 Å². The Bertz CT molecular complexity index is 244. The van der Waals surface area contributed by atoms with E-state index in [9.17, 15) is 0 Å². The van der Waals surface area contributed by atoms with E-state index in [1.807, 2.05) is 0 Å². The molecule has 0 saturated carbocycles. The normalized spacial score (nSPS) is 15.1. The molecule has 0 heterocycles. The van der Waals surface area contributed by atoms with Gasteiger partial charge in [0.15, 0.2) is 0 Å². The van der Waals surface area contributed by atoms with Crippen LogP contribution in [-0.4, -0.2) is 5.33 Å². The van der Waals surface area contributed by atoms with Crippen LogP contribution in [0.2, 0.25) is 0 Å². The molecule has 0 bridgehead atoms. The molecule has 0 saturated heterocycles. The standard InChI is InChI=1S/C9H13.C3H5Br.Zr/c1-9(2,3)8-6-4-5-7-8;1-2-3-4;/h4,6H,5H2,1-3H3;2H,1,3H2;. The second kappa shape index (κ2) is 6.96. The van der Waals surface area contributed by atoms with Crippen LogP contribution in [0.15, 0.2) is 33.7 Å². The average molecular weight is 333 g/mol. The second-order valence-electron chi connectivity index (χ2n) is 4.19. The number of allylic oxidation sites excluding steroid dienone is 5. The summed E-state index contributed by atoms with van der Waals surface area (Å²) < 4.78 is 1.62. The van der Waals surface area contributed by atoms with Gasteiger partial charge in [-0.1, -0.05) is 22.0 Å². The summed E-state index contributed by atoms with van der Waals surface area (Å²) in [6, 6.07) is 0. The Morgan fingerprint density at radius 3 is 2.21 bits per heavy atom. The van der Waals surface area contributed by atoms with Crippen molar-refractivity contribution >= 4 is 15.9 Å². The molecule has 1 aliphatic rings. The molecule has 0 spiro atoms. The predicted octanol–water partition coefficient (Wildman–Crippen LogP) is 4.36. The van der Waals surface area contributed by atoms with E-state index in [1.54, 1.807) is 39.6 Å². The Balaban J connectivity index is 0.000000364. The molecule has 0 radical (unpaired) electrons. The average Bonchev–Trinajstić information content (AvgIpc) is 2.51. The first-order valence-corrected chi connectivity index (χ1v) is 7.07. The minimum absolute atomic E-state index is 0.367. The molecule has 0 aromatic rings. The van der Waals surface area contributed by atoms with Crippen LogP contribution in [0, 0.1) is 5.41 Å². The van der Waals surface area contributed by atoms with Gasteiger partial charge in [-0.25, -0.2) is 0 Å². The van der Waals surface area contributed by atoms with Crippen LogP contribution in [0.5, 0.6) is 0 Å². The van der Waals surface area contributed by atoms with E-state index in [2.05, 4.69) is 55.4 Å². The fraction of sp³-hybridized carbons (Fsp3) is 0.500. The molecular weight excluding hydrogens is 315 g/mol. The van der Waals surface area contributed by atoms with E-state index in [1.165, 1.54) is 6.42 Å². The third-order valence-electron chi connectivity index (χ3n) is 1.85. The van der Waals surface area contributed by atoms with Gasteiger partial charge < -0.3 is 0 Å². The molecule has 77 valence electrons. The maximum absolute atomic E-state index is 3.43. The van der Waals surface area contributed by atoms with E-state index >= 15 is 0 Å². The quantitative estimate of drug-likeness (QED) is 0.494. The fourth-order valence-electron chi connectivity index (χ4n) is 1.21. The zero-order valence-corrected chi connectivity index (χ0v) is 13.3. The van der Waals surface area contributed by atoms with E-state index in [4.69, 9.17) is 0 Å². The van der Waals surface area contributed by atoms with Gasteiger partial charge in [0.25, 0.3) is 0 Å². The molecule has 1 rings (SSSR count). The summed E-state index contributed by atoms with van der Waals surface area (Å²) in [5.41, 5.74) is 1.93. The second-order valence-corrected chi connectivity index (χ2v) is 6.32. The molecule has 0 aliphatic heterocycles. The summed E-state index contributed by atoms with van der Waals surface area (Å²) in [6.45, 7) is 10.3. The first-order chi connectivity index (χ1) is 6.43. The van der Waals surface area contributed by atoms with E-state index in [-0.39, 0.29) is 0 Å². The Labute approximate surface area is 112 Å². The van der Waals surface area contributed by atoms with Crippen LogP contribution in [0.1, 0.15) is 27.2 Å². The molecule has 0 amide bonds. The van der Waals surface area contributed by atoms with Crippen LogP contribution >= 0.6 is 15.9 Å². The van der Waals surface area contributed by atoms with Crippen molar-refractivity contribution in [2.75, 3.05) is 5.33 Å². The first-order valence-electron chi connectivity index (χ1n) is 4.72. The van der Waals surface area contributed by atoms with Crippen molar-refractivity contribution in [1.82, 2.24) is 0 Å². The van der Waals surface area contributed by atoms with Gasteiger partial charge in [-0.15, -0.1) is 6.58 Å². The summed E-state index contributed by atoms with van der Waals surface area (Å²) in [6.07, 6.45) is 7.54. The van der Waals surface area contributed by atoms with Crippen LogP contribution in [0.4, 0.5) is 0 Å². The Hall–Kier alpha value is 0.583. The van der Waals surface area contributed by atoms with Gasteiger partial charge in [-0.2, -0.15) is 0 Å². The fourth-order valence-corrected chi connectivity index (χ4v) is 2.62. The Morgan fingerprint density at radius 1 is 1.57 bits per heavy atom. The van der Waals surface area contributed by atoms with Gasteiger partial charge in [0.05, 0.1) is 0 Å². The van der Waals surface area contributed by atoms with Crippen molar-refractivity contribution in [2.45, 2.75) is 27.2 Å². The molecule has 1 aliphatic carbocycles. The van der Waals surface area contributed by atoms with Crippen molar-refractivity contribution in [2.24, 2.45) is 5.41 Å². The Kier molecular flexibility index (Phi) is 7.25. The molecule has 14 heavy (non-hydrogen) atoms. The summed E-state index contributed by atoms with van der Waals surface area (Å²) in [4.78, 5) is 0. The third kappa shape index (κ3) is 5.46.